The van der Waals surface area contributed by atoms with Crippen LogP contribution in [0.3, 0.4) is 0 Å². The second-order valence-electron chi connectivity index (χ2n) is 19.7. The number of nitrogens with zero attached hydrogens (tertiary/aromatic N) is 2. The molecule has 0 fully saturated rings. The van der Waals surface area contributed by atoms with Crippen LogP contribution in [0.5, 0.6) is 0 Å². The maximum atomic E-state index is 8.76. The largest absolute Gasteiger partial charge is 0.311 e. The highest BCUT2D eigenvalue weighted by Crippen LogP contribution is 2.67. The summed E-state index contributed by atoms with van der Waals surface area (Å²) in [5.41, 5.74) is 22.9. The Hall–Kier alpha value is -7.66. The van der Waals surface area contributed by atoms with E-state index in [1.54, 1.807) is 0 Å². The summed E-state index contributed by atoms with van der Waals surface area (Å²) in [6.45, 7) is 3.96. The van der Waals surface area contributed by atoms with Crippen LogP contribution in [0.15, 0.2) is 212 Å². The molecule has 0 N–H and O–H groups in total. The smallest absolute Gasteiger partial charge is 0.264 e. The number of hydrogen-bond acceptors (Lipinski definition) is 3. The third-order valence-electron chi connectivity index (χ3n) is 15.1. The third-order valence-corrected chi connectivity index (χ3v) is 16.5. The van der Waals surface area contributed by atoms with Crippen LogP contribution >= 0.6 is 11.3 Å². The maximum Gasteiger partial charge on any atom is 0.264 e. The molecule has 0 amide bonds. The van der Waals surface area contributed by atoms with Crippen molar-refractivity contribution in [3.8, 4) is 44.5 Å². The molecule has 1 spiro atoms. The lowest BCUT2D eigenvalue weighted by Gasteiger charge is -2.43. The molecule has 4 aliphatic rings. The van der Waals surface area contributed by atoms with E-state index in [2.05, 4.69) is 219 Å². The highest BCUT2D eigenvalue weighted by Gasteiger charge is 2.56. The van der Waals surface area contributed by atoms with Gasteiger partial charge in [0.25, 0.3) is 6.71 Å². The Kier molecular flexibility index (Phi) is 7.73. The SMILES string of the molecule is [2H]C([2H])([2H])c1cc(-c2ccccc2)c(-c2ccc3c(c2)N(c2ccccc2)c2cccc4c2B3c2sc3c(c2N4c2ccccc2)-c2ccccc2C32c3ccccc3-c3ccccc32)cc1C(C)(C)C. The highest BCUT2D eigenvalue weighted by atomic mass is 32.1. The minimum atomic E-state index is -2.29. The normalized spacial score (nSPS) is 15.0. The predicted octanol–water partition coefficient (Wildman–Crippen LogP) is 15.1. The molecule has 0 bridgehead atoms. The zero-order valence-corrected chi connectivity index (χ0v) is 38.9. The van der Waals surface area contributed by atoms with Gasteiger partial charge in [-0.3, -0.25) is 0 Å². The molecule has 14 rings (SSSR count). The van der Waals surface area contributed by atoms with Gasteiger partial charge < -0.3 is 9.80 Å². The number of aryl methyl sites for hydroxylation is 1. The van der Waals surface area contributed by atoms with E-state index in [-0.39, 0.29) is 6.71 Å². The van der Waals surface area contributed by atoms with Gasteiger partial charge in [-0.1, -0.05) is 185 Å². The molecule has 2 aliphatic heterocycles. The van der Waals surface area contributed by atoms with Crippen molar-refractivity contribution in [2.24, 2.45) is 0 Å². The molecule has 3 heterocycles. The van der Waals surface area contributed by atoms with E-state index in [4.69, 9.17) is 4.11 Å². The van der Waals surface area contributed by atoms with Crippen molar-refractivity contribution in [2.45, 2.75) is 38.5 Å². The summed E-state index contributed by atoms with van der Waals surface area (Å²) in [5, 5.41) is 0. The molecular weight excluding hydrogens is 840 g/mol. The Balaban J connectivity index is 1.09. The summed E-state index contributed by atoms with van der Waals surface area (Å²) >= 11 is 2.00. The minimum Gasteiger partial charge on any atom is -0.311 e. The van der Waals surface area contributed by atoms with Crippen LogP contribution in [0.25, 0.3) is 44.5 Å². The molecule has 9 aromatic carbocycles. The van der Waals surface area contributed by atoms with Crippen molar-refractivity contribution in [3.63, 3.8) is 0 Å². The van der Waals surface area contributed by atoms with Crippen LogP contribution in [-0.2, 0) is 10.8 Å². The molecule has 0 atom stereocenters. The van der Waals surface area contributed by atoms with E-state index in [1.807, 2.05) is 35.6 Å². The summed E-state index contributed by atoms with van der Waals surface area (Å²) in [6, 6.07) is 77.4. The maximum absolute atomic E-state index is 8.76. The van der Waals surface area contributed by atoms with Gasteiger partial charge in [0.2, 0.25) is 0 Å². The van der Waals surface area contributed by atoms with E-state index in [9.17, 15) is 0 Å². The summed E-state index contributed by atoms with van der Waals surface area (Å²) in [5.74, 6) is 0. The predicted molar refractivity (Wildman–Crippen MR) is 289 cm³/mol. The molecule has 68 heavy (non-hydrogen) atoms. The van der Waals surface area contributed by atoms with Crippen molar-refractivity contribution in [2.75, 3.05) is 9.80 Å². The fraction of sp³-hybridized carbons (Fsp3) is 0.0938. The van der Waals surface area contributed by atoms with Gasteiger partial charge in [0, 0.05) is 47.8 Å². The zero-order valence-electron chi connectivity index (χ0n) is 41.1. The van der Waals surface area contributed by atoms with Crippen LogP contribution < -0.4 is 25.5 Å². The lowest BCUT2D eigenvalue weighted by atomic mass is 9.36. The number of fused-ring (bicyclic) bond motifs is 15. The highest BCUT2D eigenvalue weighted by molar-refractivity contribution is 7.30. The lowest BCUT2D eigenvalue weighted by molar-refractivity contribution is 0.586. The Morgan fingerprint density at radius 2 is 1.03 bits per heavy atom. The summed E-state index contributed by atoms with van der Waals surface area (Å²) < 4.78 is 27.6. The first-order chi connectivity index (χ1) is 34.5. The first-order valence-corrected chi connectivity index (χ1v) is 24.5. The van der Waals surface area contributed by atoms with Crippen LogP contribution in [0, 0.1) is 6.85 Å². The first kappa shape index (κ1) is 36.5. The van der Waals surface area contributed by atoms with E-state index < -0.39 is 17.7 Å². The van der Waals surface area contributed by atoms with Gasteiger partial charge in [-0.2, -0.15) is 0 Å². The standard InChI is InChI=1S/C64H47BN2S/c1-40-37-48(41-21-8-5-9-22-41)49(39-53(40)63(2,3)4)42-35-36-54-57(38-42)66(43-23-10-6-11-24-43)55-33-20-34-56-59(55)65(54)62-60(67(56)44-25-12-7-13-26-44)58-47-29-16-19-32-52(47)64(61(58)68-62)50-30-17-14-27-45(50)46-28-15-18-31-51(46)64/h5-39H,1-4H3/i1D3. The molecule has 0 saturated carbocycles. The van der Waals surface area contributed by atoms with Crippen LogP contribution in [0.4, 0.5) is 34.1 Å². The number of anilines is 6. The molecule has 4 heteroatoms. The van der Waals surface area contributed by atoms with Crippen molar-refractivity contribution in [1.82, 2.24) is 0 Å². The van der Waals surface area contributed by atoms with Gasteiger partial charge >= 0.3 is 0 Å². The van der Waals surface area contributed by atoms with E-state index in [0.717, 1.165) is 50.6 Å². The average Bonchev–Trinajstić information content (AvgIpc) is 4.03. The number of hydrogen-bond donors (Lipinski definition) is 0. The molecule has 10 aromatic rings. The van der Waals surface area contributed by atoms with Gasteiger partial charge in [-0.15, -0.1) is 11.3 Å². The molecule has 0 radical (unpaired) electrons. The number of para-hydroxylation sites is 2. The second-order valence-corrected chi connectivity index (χ2v) is 20.8. The van der Waals surface area contributed by atoms with Crippen molar-refractivity contribution in [1.29, 1.82) is 0 Å². The Morgan fingerprint density at radius 1 is 0.485 bits per heavy atom. The van der Waals surface area contributed by atoms with Crippen LogP contribution in [-0.4, -0.2) is 6.71 Å². The van der Waals surface area contributed by atoms with Gasteiger partial charge in [0.1, 0.15) is 0 Å². The molecule has 0 saturated heterocycles. The summed E-state index contributed by atoms with van der Waals surface area (Å²) in [7, 11) is 0. The fourth-order valence-corrected chi connectivity index (χ4v) is 14.0. The molecular formula is C64H47BN2S. The minimum absolute atomic E-state index is 0.0939. The molecule has 2 nitrogen and oxygen atoms in total. The van der Waals surface area contributed by atoms with Crippen molar-refractivity contribution >= 4 is 67.9 Å². The quantitative estimate of drug-likeness (QED) is 0.162. The van der Waals surface area contributed by atoms with Crippen LogP contribution in [0.2, 0.25) is 0 Å². The van der Waals surface area contributed by atoms with E-state index in [1.165, 1.54) is 70.9 Å². The topological polar surface area (TPSA) is 6.48 Å². The molecule has 1 aromatic heterocycles. The summed E-state index contributed by atoms with van der Waals surface area (Å²) in [6.07, 6.45) is 0. The summed E-state index contributed by atoms with van der Waals surface area (Å²) in [4.78, 5) is 6.40. The lowest BCUT2D eigenvalue weighted by Crippen LogP contribution is -2.60. The van der Waals surface area contributed by atoms with E-state index >= 15 is 0 Å². The second kappa shape index (κ2) is 14.4. The zero-order chi connectivity index (χ0) is 48.0. The molecule has 322 valence electrons. The van der Waals surface area contributed by atoms with Gasteiger partial charge in [0.05, 0.1) is 11.1 Å². The fourth-order valence-electron chi connectivity index (χ4n) is 12.4. The van der Waals surface area contributed by atoms with Gasteiger partial charge in [-0.05, 0) is 138 Å². The Labute approximate surface area is 407 Å². The monoisotopic (exact) mass is 889 g/mol. The number of rotatable bonds is 4. The Bertz CT molecular complexity index is 3770. The first-order valence-electron chi connectivity index (χ1n) is 25.2. The number of thiophene rings is 1. The van der Waals surface area contributed by atoms with E-state index in [0.29, 0.717) is 5.56 Å². The third kappa shape index (κ3) is 5.30. The van der Waals surface area contributed by atoms with Gasteiger partial charge in [0.15, 0.2) is 0 Å². The Morgan fingerprint density at radius 3 is 1.66 bits per heavy atom. The van der Waals surface area contributed by atoms with Crippen LogP contribution in [0.1, 0.15) is 57.6 Å². The van der Waals surface area contributed by atoms with Crippen molar-refractivity contribution < 1.29 is 4.11 Å². The van der Waals surface area contributed by atoms with Crippen molar-refractivity contribution in [3.05, 3.63) is 245 Å². The average molecular weight is 890 g/mol. The molecule has 0 unspecified atom stereocenters. The molecule has 2 aliphatic carbocycles. The number of benzene rings is 9. The van der Waals surface area contributed by atoms with Gasteiger partial charge in [-0.25, -0.2) is 0 Å².